The zero-order valence-electron chi connectivity index (χ0n) is 8.53. The zero-order valence-corrected chi connectivity index (χ0v) is 9.29. The average molecular weight is 228 g/mol. The number of carbonyl (C=O) groups excluding carboxylic acids is 1. The van der Waals surface area contributed by atoms with E-state index in [1.807, 2.05) is 6.92 Å². The number of rotatable bonds is 4. The van der Waals surface area contributed by atoms with E-state index in [0.29, 0.717) is 17.1 Å². The molecule has 0 fully saturated rings. The summed E-state index contributed by atoms with van der Waals surface area (Å²) in [6, 6.07) is 6.93. The lowest BCUT2D eigenvalue weighted by Crippen LogP contribution is -2.24. The lowest BCUT2D eigenvalue weighted by Gasteiger charge is -2.12. The maximum absolute atomic E-state index is 11.6. The first kappa shape index (κ1) is 12.0. The van der Waals surface area contributed by atoms with Crippen LogP contribution in [0.2, 0.25) is 5.02 Å². The molecular weight excluding hydrogens is 214 g/mol. The molecule has 1 amide bonds. The van der Waals surface area contributed by atoms with Crippen LogP contribution in [0.25, 0.3) is 0 Å². The Bertz CT molecular complexity index is 337. The van der Waals surface area contributed by atoms with E-state index in [4.69, 9.17) is 16.7 Å². The van der Waals surface area contributed by atoms with Crippen molar-refractivity contribution in [2.24, 2.45) is 5.92 Å². The quantitative estimate of drug-likeness (QED) is 0.829. The highest BCUT2D eigenvalue weighted by atomic mass is 35.5. The Labute approximate surface area is 94.1 Å². The number of amides is 1. The van der Waals surface area contributed by atoms with E-state index in [1.54, 1.807) is 24.3 Å². The van der Waals surface area contributed by atoms with Gasteiger partial charge in [-0.15, -0.1) is 0 Å². The molecule has 1 atom stereocenters. The summed E-state index contributed by atoms with van der Waals surface area (Å²) in [5.41, 5.74) is 0.652. The monoisotopic (exact) mass is 227 g/mol. The van der Waals surface area contributed by atoms with Gasteiger partial charge < -0.3 is 10.4 Å². The third kappa shape index (κ3) is 3.53. The molecule has 0 aliphatic heterocycles. The van der Waals surface area contributed by atoms with Gasteiger partial charge in [0.05, 0.1) is 12.5 Å². The standard InChI is InChI=1S/C11H14ClNO2/c1-2-8(7-14)11(15)13-10-5-3-4-9(12)6-10/h3-6,8,14H,2,7H2,1H3,(H,13,15). The predicted molar refractivity (Wildman–Crippen MR) is 60.9 cm³/mol. The van der Waals surface area contributed by atoms with Gasteiger partial charge in [-0.25, -0.2) is 0 Å². The van der Waals surface area contributed by atoms with Crippen LogP contribution in [-0.4, -0.2) is 17.6 Å². The molecule has 1 unspecified atom stereocenters. The van der Waals surface area contributed by atoms with E-state index in [1.165, 1.54) is 0 Å². The van der Waals surface area contributed by atoms with E-state index >= 15 is 0 Å². The highest BCUT2D eigenvalue weighted by Gasteiger charge is 2.14. The normalized spacial score (nSPS) is 12.2. The average Bonchev–Trinajstić information content (AvgIpc) is 2.19. The molecule has 0 heterocycles. The van der Waals surface area contributed by atoms with Gasteiger partial charge in [-0.05, 0) is 24.6 Å². The summed E-state index contributed by atoms with van der Waals surface area (Å²) in [6.07, 6.45) is 0.614. The fraction of sp³-hybridized carbons (Fsp3) is 0.364. The van der Waals surface area contributed by atoms with Crippen LogP contribution in [0.3, 0.4) is 0 Å². The summed E-state index contributed by atoms with van der Waals surface area (Å²) < 4.78 is 0. The van der Waals surface area contributed by atoms with Crippen LogP contribution in [0.1, 0.15) is 13.3 Å². The SMILES string of the molecule is CCC(CO)C(=O)Nc1cccc(Cl)c1. The van der Waals surface area contributed by atoms with Crippen LogP contribution in [0.5, 0.6) is 0 Å². The van der Waals surface area contributed by atoms with E-state index in [0.717, 1.165) is 0 Å². The van der Waals surface area contributed by atoms with Gasteiger partial charge in [0, 0.05) is 10.7 Å². The number of hydrogen-bond acceptors (Lipinski definition) is 2. The second kappa shape index (κ2) is 5.73. The van der Waals surface area contributed by atoms with Crippen molar-refractivity contribution in [3.05, 3.63) is 29.3 Å². The maximum Gasteiger partial charge on any atom is 0.229 e. The van der Waals surface area contributed by atoms with Gasteiger partial charge in [-0.2, -0.15) is 0 Å². The second-order valence-corrected chi connectivity index (χ2v) is 3.72. The van der Waals surface area contributed by atoms with Gasteiger partial charge in [0.15, 0.2) is 0 Å². The van der Waals surface area contributed by atoms with Crippen molar-refractivity contribution in [3.63, 3.8) is 0 Å². The Morgan fingerprint density at radius 2 is 2.33 bits per heavy atom. The molecule has 0 saturated carbocycles. The molecule has 15 heavy (non-hydrogen) atoms. The number of aliphatic hydroxyl groups is 1. The molecule has 0 aliphatic rings. The van der Waals surface area contributed by atoms with Crippen molar-refractivity contribution < 1.29 is 9.90 Å². The minimum absolute atomic E-state index is 0.136. The van der Waals surface area contributed by atoms with Gasteiger partial charge in [0.25, 0.3) is 0 Å². The third-order valence-electron chi connectivity index (χ3n) is 2.18. The summed E-state index contributed by atoms with van der Waals surface area (Å²) >= 11 is 5.77. The number of aliphatic hydroxyl groups excluding tert-OH is 1. The molecule has 1 aromatic rings. The van der Waals surface area contributed by atoms with Gasteiger partial charge >= 0.3 is 0 Å². The zero-order chi connectivity index (χ0) is 11.3. The number of anilines is 1. The third-order valence-corrected chi connectivity index (χ3v) is 2.41. The van der Waals surface area contributed by atoms with E-state index in [2.05, 4.69) is 5.32 Å². The van der Waals surface area contributed by atoms with Crippen molar-refractivity contribution in [3.8, 4) is 0 Å². The molecule has 1 rings (SSSR count). The summed E-state index contributed by atoms with van der Waals surface area (Å²) in [5.74, 6) is -0.536. The summed E-state index contributed by atoms with van der Waals surface area (Å²) in [6.45, 7) is 1.72. The fourth-order valence-corrected chi connectivity index (χ4v) is 1.40. The minimum Gasteiger partial charge on any atom is -0.396 e. The minimum atomic E-state index is -0.357. The van der Waals surface area contributed by atoms with Crippen LogP contribution in [0.4, 0.5) is 5.69 Å². The molecule has 0 bridgehead atoms. The highest BCUT2D eigenvalue weighted by Crippen LogP contribution is 2.16. The molecule has 0 spiro atoms. The van der Waals surface area contributed by atoms with Crippen molar-refractivity contribution in [1.29, 1.82) is 0 Å². The van der Waals surface area contributed by atoms with Crippen LogP contribution in [0, 0.1) is 5.92 Å². The Morgan fingerprint density at radius 3 is 2.87 bits per heavy atom. The number of hydrogen-bond donors (Lipinski definition) is 2. The topological polar surface area (TPSA) is 49.3 Å². The molecule has 0 aromatic heterocycles. The molecule has 2 N–H and O–H groups in total. The Kier molecular flexibility index (Phi) is 4.59. The Hall–Kier alpha value is -1.06. The smallest absolute Gasteiger partial charge is 0.229 e. The molecule has 0 aliphatic carbocycles. The number of benzene rings is 1. The summed E-state index contributed by atoms with van der Waals surface area (Å²) in [7, 11) is 0. The Morgan fingerprint density at radius 1 is 1.60 bits per heavy atom. The lowest BCUT2D eigenvalue weighted by molar-refractivity contribution is -0.121. The largest absolute Gasteiger partial charge is 0.396 e. The van der Waals surface area contributed by atoms with Gasteiger partial charge in [-0.3, -0.25) is 4.79 Å². The van der Waals surface area contributed by atoms with E-state index in [-0.39, 0.29) is 18.4 Å². The molecule has 0 saturated heterocycles. The van der Waals surface area contributed by atoms with Crippen LogP contribution >= 0.6 is 11.6 Å². The van der Waals surface area contributed by atoms with Gasteiger partial charge in [-0.1, -0.05) is 24.6 Å². The molecule has 1 aromatic carbocycles. The molecule has 4 heteroatoms. The number of nitrogens with one attached hydrogen (secondary N) is 1. The lowest BCUT2D eigenvalue weighted by atomic mass is 10.1. The highest BCUT2D eigenvalue weighted by molar-refractivity contribution is 6.30. The van der Waals surface area contributed by atoms with E-state index in [9.17, 15) is 4.79 Å². The first-order valence-corrected chi connectivity index (χ1v) is 5.22. The van der Waals surface area contributed by atoms with E-state index < -0.39 is 0 Å². The van der Waals surface area contributed by atoms with Crippen molar-refractivity contribution >= 4 is 23.2 Å². The number of halogens is 1. The molecule has 0 radical (unpaired) electrons. The van der Waals surface area contributed by atoms with Gasteiger partial charge in [0.2, 0.25) is 5.91 Å². The maximum atomic E-state index is 11.6. The Balaban J connectivity index is 2.65. The molecule has 3 nitrogen and oxygen atoms in total. The summed E-state index contributed by atoms with van der Waals surface area (Å²) in [4.78, 5) is 11.6. The fourth-order valence-electron chi connectivity index (χ4n) is 1.21. The number of carbonyl (C=O) groups is 1. The van der Waals surface area contributed by atoms with Gasteiger partial charge in [0.1, 0.15) is 0 Å². The van der Waals surface area contributed by atoms with Crippen LogP contribution in [0.15, 0.2) is 24.3 Å². The molecule has 82 valence electrons. The first-order valence-electron chi connectivity index (χ1n) is 4.84. The van der Waals surface area contributed by atoms with Crippen molar-refractivity contribution in [1.82, 2.24) is 0 Å². The molecular formula is C11H14ClNO2. The summed E-state index contributed by atoms with van der Waals surface area (Å²) in [5, 5.41) is 12.2. The predicted octanol–water partition coefficient (Wildman–Crippen LogP) is 2.30. The van der Waals surface area contributed by atoms with Crippen LogP contribution in [-0.2, 0) is 4.79 Å². The van der Waals surface area contributed by atoms with Crippen LogP contribution < -0.4 is 5.32 Å². The first-order chi connectivity index (χ1) is 7.17. The van der Waals surface area contributed by atoms with Crippen molar-refractivity contribution in [2.75, 3.05) is 11.9 Å². The van der Waals surface area contributed by atoms with Crippen molar-refractivity contribution in [2.45, 2.75) is 13.3 Å². The second-order valence-electron chi connectivity index (χ2n) is 3.29.